The highest BCUT2D eigenvalue weighted by Gasteiger charge is 2.34. The molecule has 24 heavy (non-hydrogen) atoms. The Labute approximate surface area is 162 Å². The van der Waals surface area contributed by atoms with Gasteiger partial charge >= 0.3 is 0 Å². The molecule has 1 aliphatic rings. The van der Waals surface area contributed by atoms with Crippen LogP contribution in [0.15, 0.2) is 53.4 Å². The van der Waals surface area contributed by atoms with Crippen molar-refractivity contribution in [1.82, 2.24) is 4.90 Å². The number of hydrogen-bond donors (Lipinski definition) is 1. The Morgan fingerprint density at radius 3 is 2.42 bits per heavy atom. The number of nitrogens with one attached hydrogen (secondary N) is 1. The highest BCUT2D eigenvalue weighted by molar-refractivity contribution is 14.1. The molecular formula is C17H12ClIN2O2S. The predicted octanol–water partition coefficient (Wildman–Crippen LogP) is 5.05. The summed E-state index contributed by atoms with van der Waals surface area (Å²) < 4.78 is 1.12. The summed E-state index contributed by atoms with van der Waals surface area (Å²) in [4.78, 5) is 26.1. The van der Waals surface area contributed by atoms with Gasteiger partial charge in [0.2, 0.25) is 0 Å². The minimum Gasteiger partial charge on any atom is -0.367 e. The van der Waals surface area contributed by atoms with E-state index in [1.165, 1.54) is 4.90 Å². The normalized spacial score (nSPS) is 16.1. The van der Waals surface area contributed by atoms with Crippen molar-refractivity contribution in [2.45, 2.75) is 0 Å². The van der Waals surface area contributed by atoms with E-state index in [0.717, 1.165) is 26.6 Å². The third kappa shape index (κ3) is 4.12. The van der Waals surface area contributed by atoms with Crippen LogP contribution in [0.1, 0.15) is 5.56 Å². The summed E-state index contributed by atoms with van der Waals surface area (Å²) in [5, 5.41) is 3.44. The zero-order chi connectivity index (χ0) is 17.1. The number of halogens is 2. The monoisotopic (exact) mass is 470 g/mol. The van der Waals surface area contributed by atoms with Crippen LogP contribution in [0.4, 0.5) is 10.5 Å². The van der Waals surface area contributed by atoms with Crippen molar-refractivity contribution in [1.29, 1.82) is 0 Å². The number of thioether (sulfide) groups is 1. The van der Waals surface area contributed by atoms with Crippen LogP contribution in [0.3, 0.4) is 0 Å². The Morgan fingerprint density at radius 2 is 1.75 bits per heavy atom. The minimum atomic E-state index is -0.294. The average molecular weight is 471 g/mol. The molecule has 1 saturated heterocycles. The number of rotatable bonds is 4. The first-order valence-corrected chi connectivity index (χ1v) is 9.30. The first-order valence-electron chi connectivity index (χ1n) is 7.03. The second-order valence-electron chi connectivity index (χ2n) is 5.00. The van der Waals surface area contributed by atoms with Gasteiger partial charge in [-0.05, 0) is 82.4 Å². The molecule has 2 amide bonds. The van der Waals surface area contributed by atoms with Crippen LogP contribution in [0.2, 0.25) is 5.02 Å². The van der Waals surface area contributed by atoms with Crippen molar-refractivity contribution in [3.63, 3.8) is 0 Å². The van der Waals surface area contributed by atoms with Crippen molar-refractivity contribution >= 4 is 68.9 Å². The molecule has 3 rings (SSSR count). The number of amides is 2. The third-order valence-corrected chi connectivity index (χ3v) is 5.21. The lowest BCUT2D eigenvalue weighted by Crippen LogP contribution is -2.33. The summed E-state index contributed by atoms with van der Waals surface area (Å²) >= 11 is 9.01. The number of carbonyl (C=O) groups is 2. The predicted molar refractivity (Wildman–Crippen MR) is 107 cm³/mol. The second-order valence-corrected chi connectivity index (χ2v) is 7.68. The fourth-order valence-corrected chi connectivity index (χ4v) is 3.41. The Kier molecular flexibility index (Phi) is 5.47. The lowest BCUT2D eigenvalue weighted by molar-refractivity contribution is -0.122. The van der Waals surface area contributed by atoms with E-state index in [9.17, 15) is 9.59 Å². The molecule has 0 aromatic heterocycles. The van der Waals surface area contributed by atoms with Crippen LogP contribution < -0.4 is 5.32 Å². The molecule has 1 fully saturated rings. The first kappa shape index (κ1) is 17.3. The zero-order valence-electron chi connectivity index (χ0n) is 12.3. The Hall–Kier alpha value is -1.51. The molecule has 0 aliphatic carbocycles. The molecular weight excluding hydrogens is 459 g/mol. The van der Waals surface area contributed by atoms with Crippen molar-refractivity contribution in [2.75, 3.05) is 12.0 Å². The molecule has 0 radical (unpaired) electrons. The van der Waals surface area contributed by atoms with Crippen molar-refractivity contribution in [3.8, 4) is 0 Å². The van der Waals surface area contributed by atoms with Crippen LogP contribution in [0.25, 0.3) is 6.08 Å². The Balaban J connectivity index is 1.69. The van der Waals surface area contributed by atoms with Crippen LogP contribution in [0, 0.1) is 3.57 Å². The van der Waals surface area contributed by atoms with E-state index in [4.69, 9.17) is 11.6 Å². The minimum absolute atomic E-state index is 0.142. The van der Waals surface area contributed by atoms with Gasteiger partial charge in [-0.3, -0.25) is 14.5 Å². The SMILES string of the molecule is O=C1SC(=Cc2ccc(Cl)cc2)C(=O)N1CNc1ccc(I)cc1. The van der Waals surface area contributed by atoms with E-state index in [1.807, 2.05) is 24.3 Å². The summed E-state index contributed by atoms with van der Waals surface area (Å²) in [5.41, 5.74) is 1.69. The molecule has 0 atom stereocenters. The topological polar surface area (TPSA) is 49.4 Å². The second kappa shape index (κ2) is 7.58. The van der Waals surface area contributed by atoms with Gasteiger partial charge in [-0.25, -0.2) is 0 Å². The average Bonchev–Trinajstić information content (AvgIpc) is 2.83. The number of carbonyl (C=O) groups excluding carboxylic acids is 2. The van der Waals surface area contributed by atoms with E-state index in [0.29, 0.717) is 9.93 Å². The molecule has 2 aromatic rings. The third-order valence-electron chi connectivity index (χ3n) is 3.33. The fraction of sp³-hybridized carbons (Fsp3) is 0.0588. The van der Waals surface area contributed by atoms with Gasteiger partial charge in [0, 0.05) is 14.3 Å². The maximum atomic E-state index is 12.4. The van der Waals surface area contributed by atoms with Gasteiger partial charge in [-0.1, -0.05) is 23.7 Å². The van der Waals surface area contributed by atoms with Gasteiger partial charge in [0.05, 0.1) is 11.6 Å². The molecule has 122 valence electrons. The maximum absolute atomic E-state index is 12.4. The highest BCUT2D eigenvalue weighted by atomic mass is 127. The van der Waals surface area contributed by atoms with Crippen LogP contribution in [-0.2, 0) is 4.79 Å². The van der Waals surface area contributed by atoms with E-state index in [-0.39, 0.29) is 17.8 Å². The van der Waals surface area contributed by atoms with Gasteiger partial charge in [0.25, 0.3) is 11.1 Å². The van der Waals surface area contributed by atoms with Gasteiger partial charge in [0.1, 0.15) is 0 Å². The van der Waals surface area contributed by atoms with Crippen molar-refractivity contribution in [2.24, 2.45) is 0 Å². The smallest absolute Gasteiger partial charge is 0.295 e. The summed E-state index contributed by atoms with van der Waals surface area (Å²) in [5.74, 6) is -0.294. The van der Waals surface area contributed by atoms with E-state index in [2.05, 4.69) is 27.9 Å². The van der Waals surface area contributed by atoms with Gasteiger partial charge in [0.15, 0.2) is 0 Å². The molecule has 7 heteroatoms. The standard InChI is InChI=1S/C17H12ClIN2O2S/c18-12-3-1-11(2-4-12)9-15-16(22)21(17(23)24-15)10-20-14-7-5-13(19)6-8-14/h1-9,20H,10H2. The van der Waals surface area contributed by atoms with Gasteiger partial charge in [-0.2, -0.15) is 0 Å². The summed E-state index contributed by atoms with van der Waals surface area (Å²) in [7, 11) is 0. The lowest BCUT2D eigenvalue weighted by atomic mass is 10.2. The summed E-state index contributed by atoms with van der Waals surface area (Å²) in [6.07, 6.45) is 1.70. The number of hydrogen-bond acceptors (Lipinski definition) is 4. The lowest BCUT2D eigenvalue weighted by Gasteiger charge is -2.14. The number of anilines is 1. The maximum Gasteiger partial charge on any atom is 0.295 e. The van der Waals surface area contributed by atoms with Crippen molar-refractivity contribution < 1.29 is 9.59 Å². The van der Waals surface area contributed by atoms with Crippen LogP contribution >= 0.6 is 46.0 Å². The molecule has 0 saturated carbocycles. The molecule has 1 N–H and O–H groups in total. The highest BCUT2D eigenvalue weighted by Crippen LogP contribution is 2.32. The number of imide groups is 1. The molecule has 1 heterocycles. The van der Waals surface area contributed by atoms with Crippen LogP contribution in [-0.4, -0.2) is 22.7 Å². The molecule has 0 bridgehead atoms. The molecule has 0 spiro atoms. The number of nitrogens with zero attached hydrogens (tertiary/aromatic N) is 1. The van der Waals surface area contributed by atoms with E-state index < -0.39 is 0 Å². The molecule has 0 unspecified atom stereocenters. The number of benzene rings is 2. The van der Waals surface area contributed by atoms with E-state index in [1.54, 1.807) is 30.3 Å². The first-order chi connectivity index (χ1) is 11.5. The zero-order valence-corrected chi connectivity index (χ0v) is 16.1. The Bertz CT molecular complexity index is 806. The van der Waals surface area contributed by atoms with E-state index >= 15 is 0 Å². The Morgan fingerprint density at radius 1 is 1.08 bits per heavy atom. The fourth-order valence-electron chi connectivity index (χ4n) is 2.08. The molecule has 1 aliphatic heterocycles. The quantitative estimate of drug-likeness (QED) is 0.502. The molecule has 4 nitrogen and oxygen atoms in total. The van der Waals surface area contributed by atoms with Crippen LogP contribution in [0.5, 0.6) is 0 Å². The summed E-state index contributed by atoms with van der Waals surface area (Å²) in [6, 6.07) is 14.8. The molecule has 2 aromatic carbocycles. The van der Waals surface area contributed by atoms with Gasteiger partial charge < -0.3 is 5.32 Å². The van der Waals surface area contributed by atoms with Gasteiger partial charge in [-0.15, -0.1) is 0 Å². The van der Waals surface area contributed by atoms with Crippen molar-refractivity contribution in [3.05, 3.63) is 67.6 Å². The largest absolute Gasteiger partial charge is 0.367 e. The summed E-state index contributed by atoms with van der Waals surface area (Å²) in [6.45, 7) is 0.142.